The van der Waals surface area contributed by atoms with Crippen LogP contribution in [-0.2, 0) is 0 Å². The van der Waals surface area contributed by atoms with Gasteiger partial charge in [-0.3, -0.25) is 4.79 Å². The lowest BCUT2D eigenvalue weighted by Crippen LogP contribution is -2.34. The fourth-order valence-electron chi connectivity index (χ4n) is 3.23. The van der Waals surface area contributed by atoms with Crippen LogP contribution in [0.5, 0.6) is 0 Å². The van der Waals surface area contributed by atoms with Crippen LogP contribution in [0.25, 0.3) is 0 Å². The molecule has 1 fully saturated rings. The van der Waals surface area contributed by atoms with E-state index in [1.165, 1.54) is 18.2 Å². The van der Waals surface area contributed by atoms with Crippen molar-refractivity contribution < 1.29 is 14.0 Å². The molecule has 0 radical (unpaired) electrons. The number of para-hydroxylation sites is 1. The monoisotopic (exact) mass is 445 g/mol. The lowest BCUT2D eigenvalue weighted by atomic mass is 10.2. The maximum absolute atomic E-state index is 13.3. The summed E-state index contributed by atoms with van der Waals surface area (Å²) in [4.78, 5) is 26.8. The smallest absolute Gasteiger partial charge is 0.320 e. The van der Waals surface area contributed by atoms with Crippen LogP contribution in [0.1, 0.15) is 33.7 Å². The minimum Gasteiger partial charge on any atom is -0.320 e. The van der Waals surface area contributed by atoms with Crippen LogP contribution in [0.3, 0.4) is 0 Å². The number of aromatic nitrogens is 2. The molecule has 1 atom stereocenters. The maximum Gasteiger partial charge on any atom is 0.322 e. The van der Waals surface area contributed by atoms with E-state index in [0.717, 1.165) is 24.2 Å². The van der Waals surface area contributed by atoms with Gasteiger partial charge < -0.3 is 15.5 Å². The Labute approximate surface area is 180 Å². The van der Waals surface area contributed by atoms with Crippen molar-refractivity contribution in [1.82, 2.24) is 15.1 Å². The number of urea groups is 1. The molecule has 3 amide bonds. The third-order valence-corrected chi connectivity index (χ3v) is 5.98. The highest BCUT2D eigenvalue weighted by Crippen LogP contribution is 2.34. The van der Waals surface area contributed by atoms with E-state index in [1.54, 1.807) is 35.2 Å². The Balaban J connectivity index is 1.46. The average molecular weight is 446 g/mol. The minimum atomic E-state index is -0.477. The number of hydrogen-bond acceptors (Lipinski definition) is 5. The van der Waals surface area contributed by atoms with Gasteiger partial charge in [-0.15, -0.1) is 10.2 Å². The zero-order chi connectivity index (χ0) is 21.1. The van der Waals surface area contributed by atoms with Crippen LogP contribution >= 0.6 is 22.9 Å². The standard InChI is InChI=1S/C20H17ClFN5O2S/c21-14-7-1-2-8-15(14)24-20(29)27-10-4-9-16(27)18-25-26-19(30-18)17(28)23-13-6-3-5-12(22)11-13/h1-3,5-8,11,16H,4,9-10H2,(H,23,28)(H,24,29). The van der Waals surface area contributed by atoms with Gasteiger partial charge in [-0.1, -0.05) is 41.1 Å². The molecule has 2 aromatic carbocycles. The van der Waals surface area contributed by atoms with Gasteiger partial charge in [0.2, 0.25) is 5.01 Å². The average Bonchev–Trinajstić information content (AvgIpc) is 3.39. The van der Waals surface area contributed by atoms with E-state index < -0.39 is 11.7 Å². The number of likely N-dealkylation sites (tertiary alicyclic amines) is 1. The van der Waals surface area contributed by atoms with Gasteiger partial charge in [0.15, 0.2) is 0 Å². The summed E-state index contributed by atoms with van der Waals surface area (Å²) < 4.78 is 13.3. The van der Waals surface area contributed by atoms with Crippen LogP contribution < -0.4 is 10.6 Å². The molecule has 10 heteroatoms. The number of nitrogens with one attached hydrogen (secondary N) is 2. The van der Waals surface area contributed by atoms with Crippen molar-refractivity contribution in [2.24, 2.45) is 0 Å². The van der Waals surface area contributed by atoms with Gasteiger partial charge in [0.1, 0.15) is 10.8 Å². The van der Waals surface area contributed by atoms with Crippen LogP contribution in [-0.4, -0.2) is 33.6 Å². The molecular weight excluding hydrogens is 429 g/mol. The first kappa shape index (κ1) is 20.2. The first-order valence-electron chi connectivity index (χ1n) is 9.24. The van der Waals surface area contributed by atoms with E-state index >= 15 is 0 Å². The summed E-state index contributed by atoms with van der Waals surface area (Å²) in [5.74, 6) is -0.925. The fourth-order valence-corrected chi connectivity index (χ4v) is 4.30. The first-order chi connectivity index (χ1) is 14.5. The zero-order valence-corrected chi connectivity index (χ0v) is 17.2. The van der Waals surface area contributed by atoms with Crippen molar-refractivity contribution in [2.75, 3.05) is 17.2 Å². The third-order valence-electron chi connectivity index (χ3n) is 4.63. The summed E-state index contributed by atoms with van der Waals surface area (Å²) in [7, 11) is 0. The molecule has 154 valence electrons. The SMILES string of the molecule is O=C(Nc1cccc(F)c1)c1nnc(C2CCCN2C(=O)Nc2ccccc2Cl)s1. The Bertz CT molecular complexity index is 1090. The van der Waals surface area contributed by atoms with E-state index in [0.29, 0.717) is 27.9 Å². The van der Waals surface area contributed by atoms with E-state index in [9.17, 15) is 14.0 Å². The number of carbonyl (C=O) groups is 2. The van der Waals surface area contributed by atoms with Crippen LogP contribution in [0.2, 0.25) is 5.02 Å². The van der Waals surface area contributed by atoms with E-state index in [-0.39, 0.29) is 17.1 Å². The molecule has 7 nitrogen and oxygen atoms in total. The molecule has 1 unspecified atom stereocenters. The Morgan fingerprint density at radius 3 is 2.77 bits per heavy atom. The van der Waals surface area contributed by atoms with Gasteiger partial charge in [-0.2, -0.15) is 0 Å². The molecular formula is C20H17ClFN5O2S. The van der Waals surface area contributed by atoms with Crippen LogP contribution in [0.15, 0.2) is 48.5 Å². The van der Waals surface area contributed by atoms with E-state index in [4.69, 9.17) is 11.6 Å². The van der Waals surface area contributed by atoms with Crippen molar-refractivity contribution in [3.05, 3.63) is 69.4 Å². The number of rotatable bonds is 4. The van der Waals surface area contributed by atoms with Crippen molar-refractivity contribution in [1.29, 1.82) is 0 Å². The molecule has 0 bridgehead atoms. The van der Waals surface area contributed by atoms with Crippen molar-refractivity contribution >= 4 is 46.3 Å². The second-order valence-corrected chi connectivity index (χ2v) is 8.09. The summed E-state index contributed by atoms with van der Waals surface area (Å²) >= 11 is 7.24. The van der Waals surface area contributed by atoms with Crippen LogP contribution in [0, 0.1) is 5.82 Å². The number of nitrogens with zero attached hydrogens (tertiary/aromatic N) is 3. The molecule has 1 aliphatic rings. The maximum atomic E-state index is 13.3. The van der Waals surface area contributed by atoms with Gasteiger partial charge in [0, 0.05) is 12.2 Å². The molecule has 3 aromatic rings. The quantitative estimate of drug-likeness (QED) is 0.594. The summed E-state index contributed by atoms with van der Waals surface area (Å²) in [6, 6.07) is 12.0. The predicted octanol–water partition coefficient (Wildman–Crippen LogP) is 4.95. The zero-order valence-electron chi connectivity index (χ0n) is 15.6. The lowest BCUT2D eigenvalue weighted by Gasteiger charge is -2.23. The molecule has 0 saturated carbocycles. The number of anilines is 2. The van der Waals surface area contributed by atoms with Crippen molar-refractivity contribution in [3.63, 3.8) is 0 Å². The molecule has 1 aromatic heterocycles. The summed E-state index contributed by atoms with van der Waals surface area (Å²) in [6.07, 6.45) is 1.53. The molecule has 4 rings (SSSR count). The molecule has 1 saturated heterocycles. The Morgan fingerprint density at radius 1 is 1.13 bits per heavy atom. The number of benzene rings is 2. The van der Waals surface area contributed by atoms with Gasteiger partial charge in [-0.25, -0.2) is 9.18 Å². The van der Waals surface area contributed by atoms with Gasteiger partial charge in [0.05, 0.1) is 16.8 Å². The number of halogens is 2. The lowest BCUT2D eigenvalue weighted by molar-refractivity contribution is 0.102. The topological polar surface area (TPSA) is 87.2 Å². The summed E-state index contributed by atoms with van der Waals surface area (Å²) in [5, 5.41) is 14.7. The van der Waals surface area contributed by atoms with Gasteiger partial charge in [-0.05, 0) is 43.2 Å². The number of hydrogen-bond donors (Lipinski definition) is 2. The van der Waals surface area contributed by atoms with Gasteiger partial charge in [0.25, 0.3) is 5.91 Å². The minimum absolute atomic E-state index is 0.146. The molecule has 0 spiro atoms. The van der Waals surface area contributed by atoms with Crippen LogP contribution in [0.4, 0.5) is 20.6 Å². The first-order valence-corrected chi connectivity index (χ1v) is 10.4. The van der Waals surface area contributed by atoms with E-state index in [1.807, 2.05) is 0 Å². The number of amides is 3. The fraction of sp³-hybridized carbons (Fsp3) is 0.200. The number of carbonyl (C=O) groups excluding carboxylic acids is 2. The van der Waals surface area contributed by atoms with Crippen molar-refractivity contribution in [2.45, 2.75) is 18.9 Å². The highest BCUT2D eigenvalue weighted by molar-refractivity contribution is 7.13. The summed E-state index contributed by atoms with van der Waals surface area (Å²) in [5.41, 5.74) is 0.862. The predicted molar refractivity (Wildman–Crippen MR) is 113 cm³/mol. The van der Waals surface area contributed by atoms with E-state index in [2.05, 4.69) is 20.8 Å². The largest absolute Gasteiger partial charge is 0.322 e. The van der Waals surface area contributed by atoms with Crippen molar-refractivity contribution in [3.8, 4) is 0 Å². The highest BCUT2D eigenvalue weighted by Gasteiger charge is 2.33. The third kappa shape index (κ3) is 4.42. The molecule has 2 heterocycles. The molecule has 0 aliphatic carbocycles. The Hall–Kier alpha value is -3.04. The molecule has 2 N–H and O–H groups in total. The molecule has 1 aliphatic heterocycles. The highest BCUT2D eigenvalue weighted by atomic mass is 35.5. The molecule has 30 heavy (non-hydrogen) atoms. The normalized spacial score (nSPS) is 15.8. The summed E-state index contributed by atoms with van der Waals surface area (Å²) in [6.45, 7) is 0.561. The second-order valence-electron chi connectivity index (χ2n) is 6.67. The Kier molecular flexibility index (Phi) is 5.91. The Morgan fingerprint density at radius 2 is 1.97 bits per heavy atom. The second kappa shape index (κ2) is 8.76. The van der Waals surface area contributed by atoms with Gasteiger partial charge >= 0.3 is 6.03 Å².